The second kappa shape index (κ2) is 5.04. The lowest BCUT2D eigenvalue weighted by Gasteiger charge is -2.06. The van der Waals surface area contributed by atoms with Crippen molar-refractivity contribution in [2.75, 3.05) is 0 Å². The summed E-state index contributed by atoms with van der Waals surface area (Å²) in [5.74, 6) is 0. The van der Waals surface area contributed by atoms with Crippen LogP contribution in [-0.4, -0.2) is 8.42 Å². The molecule has 0 saturated carbocycles. The van der Waals surface area contributed by atoms with E-state index in [2.05, 4.69) is 15.9 Å². The maximum absolute atomic E-state index is 12.6. The highest BCUT2D eigenvalue weighted by Gasteiger charge is 2.17. The molecule has 3 aromatic carbocycles. The molecule has 0 bridgehead atoms. The van der Waals surface area contributed by atoms with Gasteiger partial charge >= 0.3 is 0 Å². The Hall–Kier alpha value is -1.65. The van der Waals surface area contributed by atoms with Gasteiger partial charge in [-0.15, -0.1) is 0 Å². The van der Waals surface area contributed by atoms with Crippen molar-refractivity contribution in [2.45, 2.75) is 9.79 Å². The van der Waals surface area contributed by atoms with E-state index in [1.807, 2.05) is 30.3 Å². The molecule has 0 unspecified atom stereocenters. The zero-order valence-corrected chi connectivity index (χ0v) is 12.9. The van der Waals surface area contributed by atoms with Crippen LogP contribution in [0.3, 0.4) is 0 Å². The van der Waals surface area contributed by atoms with Crippen LogP contribution in [0.5, 0.6) is 0 Å². The third kappa shape index (κ3) is 2.37. The van der Waals surface area contributed by atoms with E-state index in [1.54, 1.807) is 36.4 Å². The molecule has 0 aliphatic rings. The molecule has 0 fully saturated rings. The van der Waals surface area contributed by atoms with Gasteiger partial charge in [0, 0.05) is 4.47 Å². The Labute approximate surface area is 126 Å². The van der Waals surface area contributed by atoms with Crippen molar-refractivity contribution in [2.24, 2.45) is 0 Å². The molecule has 4 heteroatoms. The number of benzene rings is 3. The lowest BCUT2D eigenvalue weighted by atomic mass is 10.1. The topological polar surface area (TPSA) is 34.1 Å². The highest BCUT2D eigenvalue weighted by molar-refractivity contribution is 9.10. The highest BCUT2D eigenvalue weighted by atomic mass is 79.9. The van der Waals surface area contributed by atoms with Crippen LogP contribution in [0.4, 0.5) is 0 Å². The summed E-state index contributed by atoms with van der Waals surface area (Å²) >= 11 is 3.31. The average molecular weight is 347 g/mol. The molecule has 0 aliphatic heterocycles. The van der Waals surface area contributed by atoms with Gasteiger partial charge in [0.1, 0.15) is 0 Å². The van der Waals surface area contributed by atoms with Crippen molar-refractivity contribution >= 4 is 36.5 Å². The number of sulfone groups is 1. The van der Waals surface area contributed by atoms with Crippen LogP contribution >= 0.6 is 15.9 Å². The van der Waals surface area contributed by atoms with Gasteiger partial charge in [0.2, 0.25) is 9.84 Å². The summed E-state index contributed by atoms with van der Waals surface area (Å²) in [7, 11) is -3.47. The molecule has 100 valence electrons. The van der Waals surface area contributed by atoms with Crippen LogP contribution in [0.1, 0.15) is 0 Å². The van der Waals surface area contributed by atoms with Gasteiger partial charge < -0.3 is 0 Å². The largest absolute Gasteiger partial charge is 0.219 e. The lowest BCUT2D eigenvalue weighted by Crippen LogP contribution is -2.01. The minimum atomic E-state index is -3.47. The van der Waals surface area contributed by atoms with Crippen LogP contribution in [0.15, 0.2) is 81.0 Å². The molecule has 0 N–H and O–H groups in total. The Morgan fingerprint density at radius 3 is 2.00 bits per heavy atom. The molecular weight excluding hydrogens is 336 g/mol. The minimum Gasteiger partial charge on any atom is -0.219 e. The normalized spacial score (nSPS) is 11.7. The zero-order valence-electron chi connectivity index (χ0n) is 10.5. The van der Waals surface area contributed by atoms with Crippen LogP contribution in [-0.2, 0) is 9.84 Å². The second-order valence-electron chi connectivity index (χ2n) is 4.47. The fraction of sp³-hybridized carbons (Fsp3) is 0. The van der Waals surface area contributed by atoms with Crippen LogP contribution in [0, 0.1) is 0 Å². The molecule has 0 heterocycles. The van der Waals surface area contributed by atoms with Crippen LogP contribution in [0.25, 0.3) is 10.8 Å². The van der Waals surface area contributed by atoms with E-state index in [0.717, 1.165) is 15.2 Å². The van der Waals surface area contributed by atoms with E-state index in [0.29, 0.717) is 9.79 Å². The predicted octanol–water partition coefficient (Wildman–Crippen LogP) is 4.44. The number of fused-ring (bicyclic) bond motifs is 1. The van der Waals surface area contributed by atoms with Crippen molar-refractivity contribution in [3.8, 4) is 0 Å². The average Bonchev–Trinajstić information content (AvgIpc) is 2.47. The monoisotopic (exact) mass is 346 g/mol. The Bertz CT molecular complexity index is 868. The summed E-state index contributed by atoms with van der Waals surface area (Å²) in [6.07, 6.45) is 0. The fourth-order valence-electron chi connectivity index (χ4n) is 2.08. The van der Waals surface area contributed by atoms with Crippen molar-refractivity contribution < 1.29 is 8.42 Å². The van der Waals surface area contributed by atoms with E-state index in [4.69, 9.17) is 0 Å². The Balaban J connectivity index is 2.15. The van der Waals surface area contributed by atoms with Crippen LogP contribution in [0.2, 0.25) is 0 Å². The van der Waals surface area contributed by atoms with Gasteiger partial charge in [-0.2, -0.15) is 0 Å². The van der Waals surface area contributed by atoms with Gasteiger partial charge in [0.15, 0.2) is 0 Å². The Morgan fingerprint density at radius 1 is 0.700 bits per heavy atom. The zero-order chi connectivity index (χ0) is 14.2. The Kier molecular flexibility index (Phi) is 3.36. The molecule has 0 spiro atoms. The summed E-state index contributed by atoms with van der Waals surface area (Å²) in [4.78, 5) is 0.620. The van der Waals surface area contributed by atoms with Gasteiger partial charge in [-0.25, -0.2) is 8.42 Å². The molecular formula is C16H11BrO2S. The first kappa shape index (κ1) is 13.3. The molecule has 20 heavy (non-hydrogen) atoms. The molecule has 0 radical (unpaired) electrons. The van der Waals surface area contributed by atoms with Crippen molar-refractivity contribution in [1.29, 1.82) is 0 Å². The maximum atomic E-state index is 12.6. The van der Waals surface area contributed by atoms with Crippen molar-refractivity contribution in [1.82, 2.24) is 0 Å². The number of hydrogen-bond acceptors (Lipinski definition) is 2. The quantitative estimate of drug-likeness (QED) is 0.687. The number of halogens is 1. The van der Waals surface area contributed by atoms with Gasteiger partial charge in [-0.05, 0) is 47.2 Å². The summed E-state index contributed by atoms with van der Waals surface area (Å²) < 4.78 is 26.0. The van der Waals surface area contributed by atoms with E-state index < -0.39 is 9.84 Å². The molecule has 0 saturated heterocycles. The summed E-state index contributed by atoms with van der Waals surface area (Å²) in [5, 5.41) is 1.95. The van der Waals surface area contributed by atoms with E-state index in [9.17, 15) is 8.42 Å². The first-order valence-corrected chi connectivity index (χ1v) is 8.34. The predicted molar refractivity (Wildman–Crippen MR) is 83.5 cm³/mol. The van der Waals surface area contributed by atoms with E-state index >= 15 is 0 Å². The molecule has 0 aromatic heterocycles. The smallest absolute Gasteiger partial charge is 0.206 e. The van der Waals surface area contributed by atoms with Gasteiger partial charge in [0.05, 0.1) is 9.79 Å². The first-order valence-electron chi connectivity index (χ1n) is 6.07. The third-order valence-electron chi connectivity index (χ3n) is 3.16. The van der Waals surface area contributed by atoms with E-state index in [1.165, 1.54) is 0 Å². The standard InChI is InChI=1S/C16H11BrO2S/c17-14-6-9-15(10-7-14)20(18,19)16-8-5-12-3-1-2-4-13(12)11-16/h1-11H. The molecule has 0 atom stereocenters. The SMILES string of the molecule is O=S(=O)(c1ccc(Br)cc1)c1ccc2ccccc2c1. The van der Waals surface area contributed by atoms with Gasteiger partial charge in [-0.1, -0.05) is 46.3 Å². The third-order valence-corrected chi connectivity index (χ3v) is 5.45. The van der Waals surface area contributed by atoms with Gasteiger partial charge in [-0.3, -0.25) is 0 Å². The van der Waals surface area contributed by atoms with E-state index in [-0.39, 0.29) is 0 Å². The minimum absolute atomic E-state index is 0.302. The summed E-state index contributed by atoms with van der Waals surface area (Å²) in [6, 6.07) is 19.6. The molecule has 3 rings (SSSR count). The number of hydrogen-bond donors (Lipinski definition) is 0. The van der Waals surface area contributed by atoms with Gasteiger partial charge in [0.25, 0.3) is 0 Å². The van der Waals surface area contributed by atoms with Crippen molar-refractivity contribution in [3.63, 3.8) is 0 Å². The lowest BCUT2D eigenvalue weighted by molar-refractivity contribution is 0.596. The maximum Gasteiger partial charge on any atom is 0.206 e. The van der Waals surface area contributed by atoms with Crippen molar-refractivity contribution in [3.05, 3.63) is 71.2 Å². The summed E-state index contributed by atoms with van der Waals surface area (Å²) in [6.45, 7) is 0. The highest BCUT2D eigenvalue weighted by Crippen LogP contribution is 2.25. The fourth-order valence-corrected chi connectivity index (χ4v) is 3.64. The molecule has 3 aromatic rings. The van der Waals surface area contributed by atoms with Crippen LogP contribution < -0.4 is 0 Å². The summed E-state index contributed by atoms with van der Waals surface area (Å²) in [5.41, 5.74) is 0. The Morgan fingerprint density at radius 2 is 1.30 bits per heavy atom. The second-order valence-corrected chi connectivity index (χ2v) is 7.33. The molecule has 2 nitrogen and oxygen atoms in total. The number of rotatable bonds is 2. The molecule has 0 amide bonds. The first-order chi connectivity index (χ1) is 9.57. The molecule has 0 aliphatic carbocycles.